The zero-order valence-electron chi connectivity index (χ0n) is 11.0. The third kappa shape index (κ3) is 2.83. The van der Waals surface area contributed by atoms with Gasteiger partial charge in [0.2, 0.25) is 0 Å². The number of phenolic OH excluding ortho intramolecular Hbond substituents is 1. The molecule has 0 aliphatic rings. The molecule has 0 saturated heterocycles. The van der Waals surface area contributed by atoms with Crippen LogP contribution < -0.4 is 4.72 Å². The van der Waals surface area contributed by atoms with Gasteiger partial charge in [-0.05, 0) is 47.2 Å². The summed E-state index contributed by atoms with van der Waals surface area (Å²) in [6, 6.07) is 18.3. The Morgan fingerprint density at radius 1 is 0.810 bits per heavy atom. The molecule has 3 aromatic carbocycles. The molecule has 0 spiro atoms. The van der Waals surface area contributed by atoms with E-state index in [-0.39, 0.29) is 10.6 Å². The van der Waals surface area contributed by atoms with Gasteiger partial charge in [-0.2, -0.15) is 0 Å². The highest BCUT2D eigenvalue weighted by Gasteiger charge is 2.13. The summed E-state index contributed by atoms with van der Waals surface area (Å²) in [6.07, 6.45) is 0. The molecule has 3 aromatic rings. The molecule has 0 aliphatic heterocycles. The Morgan fingerprint density at radius 3 is 2.29 bits per heavy atom. The van der Waals surface area contributed by atoms with Crippen molar-refractivity contribution in [3.05, 3.63) is 66.7 Å². The Kier molecular flexibility index (Phi) is 3.27. The van der Waals surface area contributed by atoms with Crippen LogP contribution in [-0.4, -0.2) is 13.5 Å². The van der Waals surface area contributed by atoms with Gasteiger partial charge in [0.25, 0.3) is 10.0 Å². The number of rotatable bonds is 3. The minimum Gasteiger partial charge on any atom is -0.508 e. The van der Waals surface area contributed by atoms with Crippen LogP contribution in [0.3, 0.4) is 0 Å². The van der Waals surface area contributed by atoms with Crippen molar-refractivity contribution in [3.63, 3.8) is 0 Å². The van der Waals surface area contributed by atoms with Crippen LogP contribution in [0.15, 0.2) is 71.6 Å². The van der Waals surface area contributed by atoms with Crippen LogP contribution in [0.2, 0.25) is 0 Å². The average Bonchev–Trinajstić information content (AvgIpc) is 2.47. The SMILES string of the molecule is O=S(=O)(Nc1ccc2ccc(O)cc2c1)c1ccccc1. The quantitative estimate of drug-likeness (QED) is 0.779. The summed E-state index contributed by atoms with van der Waals surface area (Å²) >= 11 is 0. The van der Waals surface area contributed by atoms with E-state index in [9.17, 15) is 13.5 Å². The predicted molar refractivity (Wildman–Crippen MR) is 82.9 cm³/mol. The van der Waals surface area contributed by atoms with Gasteiger partial charge in [-0.25, -0.2) is 8.42 Å². The van der Waals surface area contributed by atoms with E-state index in [2.05, 4.69) is 4.72 Å². The van der Waals surface area contributed by atoms with Crippen molar-refractivity contribution in [2.75, 3.05) is 4.72 Å². The molecular formula is C16H13NO3S. The number of hydrogen-bond donors (Lipinski definition) is 2. The topological polar surface area (TPSA) is 66.4 Å². The van der Waals surface area contributed by atoms with Crippen LogP contribution in [0.4, 0.5) is 5.69 Å². The summed E-state index contributed by atoms with van der Waals surface area (Å²) in [5.74, 6) is 0.144. The first kappa shape index (κ1) is 13.5. The van der Waals surface area contributed by atoms with Crippen LogP contribution in [-0.2, 0) is 10.0 Å². The van der Waals surface area contributed by atoms with Gasteiger partial charge < -0.3 is 5.11 Å². The van der Waals surface area contributed by atoms with E-state index >= 15 is 0 Å². The first-order chi connectivity index (χ1) is 10.0. The summed E-state index contributed by atoms with van der Waals surface area (Å²) < 4.78 is 27.0. The van der Waals surface area contributed by atoms with Gasteiger partial charge in [0.1, 0.15) is 5.75 Å². The summed E-state index contributed by atoms with van der Waals surface area (Å²) in [5.41, 5.74) is 0.456. The van der Waals surface area contributed by atoms with Gasteiger partial charge in [0, 0.05) is 5.69 Å². The molecule has 0 radical (unpaired) electrons. The van der Waals surface area contributed by atoms with Gasteiger partial charge in [-0.15, -0.1) is 0 Å². The third-order valence-electron chi connectivity index (χ3n) is 3.13. The fourth-order valence-corrected chi connectivity index (χ4v) is 3.18. The number of hydrogen-bond acceptors (Lipinski definition) is 3. The normalized spacial score (nSPS) is 11.4. The van der Waals surface area contributed by atoms with Gasteiger partial charge in [-0.1, -0.05) is 30.3 Å². The van der Waals surface area contributed by atoms with Crippen molar-refractivity contribution in [1.29, 1.82) is 0 Å². The van der Waals surface area contributed by atoms with E-state index in [4.69, 9.17) is 0 Å². The molecule has 21 heavy (non-hydrogen) atoms. The smallest absolute Gasteiger partial charge is 0.261 e. The van der Waals surface area contributed by atoms with E-state index in [1.807, 2.05) is 0 Å². The first-order valence-corrected chi connectivity index (χ1v) is 7.84. The Morgan fingerprint density at radius 2 is 1.52 bits per heavy atom. The van der Waals surface area contributed by atoms with Crippen molar-refractivity contribution in [2.45, 2.75) is 4.90 Å². The molecule has 0 aliphatic carbocycles. The summed E-state index contributed by atoms with van der Waals surface area (Å²) in [5, 5.41) is 11.2. The Bertz CT molecular complexity index is 890. The standard InChI is InChI=1S/C16H13NO3S/c18-15-9-7-12-6-8-14(10-13(12)11-15)17-21(19,20)16-4-2-1-3-5-16/h1-11,17-18H. The van der Waals surface area contributed by atoms with Gasteiger partial charge >= 0.3 is 0 Å². The lowest BCUT2D eigenvalue weighted by Crippen LogP contribution is -2.12. The molecule has 3 rings (SSSR count). The number of aromatic hydroxyl groups is 1. The van der Waals surface area contributed by atoms with Crippen molar-refractivity contribution in [1.82, 2.24) is 0 Å². The Hall–Kier alpha value is -2.53. The average molecular weight is 299 g/mol. The van der Waals surface area contributed by atoms with Crippen LogP contribution in [0.5, 0.6) is 5.75 Å². The third-order valence-corrected chi connectivity index (χ3v) is 4.53. The van der Waals surface area contributed by atoms with E-state index in [1.165, 1.54) is 12.1 Å². The minimum absolute atomic E-state index is 0.144. The fraction of sp³-hybridized carbons (Fsp3) is 0. The van der Waals surface area contributed by atoms with Gasteiger partial charge in [-0.3, -0.25) is 4.72 Å². The van der Waals surface area contributed by atoms with E-state index in [1.54, 1.807) is 54.6 Å². The monoisotopic (exact) mass is 299 g/mol. The molecule has 0 bridgehead atoms. The van der Waals surface area contributed by atoms with E-state index < -0.39 is 10.0 Å². The maximum absolute atomic E-state index is 12.2. The number of phenols is 1. The predicted octanol–water partition coefficient (Wildman–Crippen LogP) is 3.35. The fourth-order valence-electron chi connectivity index (χ4n) is 2.11. The number of sulfonamides is 1. The second-order valence-electron chi connectivity index (χ2n) is 4.66. The van der Waals surface area contributed by atoms with Gasteiger partial charge in [0.05, 0.1) is 4.90 Å². The van der Waals surface area contributed by atoms with Crippen molar-refractivity contribution in [3.8, 4) is 5.75 Å². The lowest BCUT2D eigenvalue weighted by atomic mass is 10.1. The largest absolute Gasteiger partial charge is 0.508 e. The van der Waals surface area contributed by atoms with Crippen LogP contribution in [0, 0.1) is 0 Å². The maximum atomic E-state index is 12.2. The number of fused-ring (bicyclic) bond motifs is 1. The van der Waals surface area contributed by atoms with Crippen LogP contribution >= 0.6 is 0 Å². The molecule has 0 saturated carbocycles. The molecule has 4 nitrogen and oxygen atoms in total. The molecule has 0 unspecified atom stereocenters. The zero-order valence-corrected chi connectivity index (χ0v) is 11.8. The highest BCUT2D eigenvalue weighted by molar-refractivity contribution is 7.92. The number of benzene rings is 3. The molecule has 0 heterocycles. The highest BCUT2D eigenvalue weighted by Crippen LogP contribution is 2.24. The summed E-state index contributed by atoms with van der Waals surface area (Å²) in [6.45, 7) is 0. The second kappa shape index (κ2) is 5.10. The molecule has 5 heteroatoms. The van der Waals surface area contributed by atoms with Crippen LogP contribution in [0.25, 0.3) is 10.8 Å². The van der Waals surface area contributed by atoms with Crippen molar-refractivity contribution in [2.24, 2.45) is 0 Å². The minimum atomic E-state index is -3.60. The summed E-state index contributed by atoms with van der Waals surface area (Å²) in [4.78, 5) is 0.209. The van der Waals surface area contributed by atoms with Crippen molar-refractivity contribution < 1.29 is 13.5 Å². The van der Waals surface area contributed by atoms with Crippen molar-refractivity contribution >= 4 is 26.5 Å². The molecule has 0 amide bonds. The molecular weight excluding hydrogens is 286 g/mol. The number of anilines is 1. The number of nitrogens with one attached hydrogen (secondary N) is 1. The molecule has 0 aromatic heterocycles. The van der Waals surface area contributed by atoms with Crippen LogP contribution in [0.1, 0.15) is 0 Å². The van der Waals surface area contributed by atoms with E-state index in [0.29, 0.717) is 5.69 Å². The summed E-state index contributed by atoms with van der Waals surface area (Å²) in [7, 11) is -3.60. The highest BCUT2D eigenvalue weighted by atomic mass is 32.2. The molecule has 0 fully saturated rings. The zero-order chi connectivity index (χ0) is 14.9. The van der Waals surface area contributed by atoms with E-state index in [0.717, 1.165) is 10.8 Å². The maximum Gasteiger partial charge on any atom is 0.261 e. The molecule has 0 atom stereocenters. The Balaban J connectivity index is 1.98. The molecule has 2 N–H and O–H groups in total. The lowest BCUT2D eigenvalue weighted by Gasteiger charge is -2.09. The second-order valence-corrected chi connectivity index (χ2v) is 6.35. The lowest BCUT2D eigenvalue weighted by molar-refractivity contribution is 0.476. The Labute approximate surface area is 122 Å². The first-order valence-electron chi connectivity index (χ1n) is 6.35. The van der Waals surface area contributed by atoms with Gasteiger partial charge in [0.15, 0.2) is 0 Å². The molecule has 106 valence electrons.